The Morgan fingerprint density at radius 2 is 0.311 bits per heavy atom. The predicted molar refractivity (Wildman–Crippen MR) is 453 cm³/mol. The number of carbonyl (C=O) groups is 14. The van der Waals surface area contributed by atoms with Crippen LogP contribution in [0.5, 0.6) is 0 Å². The summed E-state index contributed by atoms with van der Waals surface area (Å²) < 4.78 is 0. The highest BCUT2D eigenvalue weighted by molar-refractivity contribution is 5.81. The lowest BCUT2D eigenvalue weighted by Crippen LogP contribution is -2.42. The molecule has 0 unspecified atom stereocenters. The van der Waals surface area contributed by atoms with Crippen LogP contribution in [0.4, 0.5) is 0 Å². The van der Waals surface area contributed by atoms with Gasteiger partial charge in [0.05, 0.1) is 0 Å². The molecule has 0 rings (SSSR count). The third kappa shape index (κ3) is 68.7. The van der Waals surface area contributed by atoms with Crippen molar-refractivity contribution in [2.24, 2.45) is 51.0 Å². The minimum absolute atomic E-state index is 0.00743. The second-order valence-corrected chi connectivity index (χ2v) is 27.9. The molecule has 0 heterocycles. The van der Waals surface area contributed by atoms with Gasteiger partial charge in [-0.1, -0.05) is 5.11 Å². The van der Waals surface area contributed by atoms with Gasteiger partial charge in [0.25, 0.3) is 0 Å². The second-order valence-electron chi connectivity index (χ2n) is 27.9. The molecule has 0 aromatic rings. The van der Waals surface area contributed by atoms with Gasteiger partial charge in [-0.2, -0.15) is 0 Å². The summed E-state index contributed by atoms with van der Waals surface area (Å²) in [7, 11) is 0. The van der Waals surface area contributed by atoms with Gasteiger partial charge in [0.15, 0.2) is 0 Å². The molecule has 0 spiro atoms. The highest BCUT2D eigenvalue weighted by Crippen LogP contribution is 2.05. The summed E-state index contributed by atoms with van der Waals surface area (Å²) in [6.07, 6.45) is 1.60. The molecule has 0 bridgehead atoms. The van der Waals surface area contributed by atoms with Crippen molar-refractivity contribution < 1.29 is 67.1 Å². The van der Waals surface area contributed by atoms with Crippen molar-refractivity contribution in [3.05, 3.63) is 10.4 Å². The number of nitrogens with two attached hydrogens (primary N) is 8. The van der Waals surface area contributed by atoms with Gasteiger partial charge in [-0.25, -0.2) is 0 Å². The zero-order chi connectivity index (χ0) is 88.2. The Balaban J connectivity index is 6.42. The maximum Gasteiger partial charge on any atom is 0.221 e. The van der Waals surface area contributed by atoms with Crippen molar-refractivity contribution in [3.63, 3.8) is 0 Å². The molecule has 0 radical (unpaired) electrons. The fourth-order valence-corrected chi connectivity index (χ4v) is 11.4. The summed E-state index contributed by atoms with van der Waals surface area (Å²) in [4.78, 5) is 197. The minimum atomic E-state index is -0.325. The van der Waals surface area contributed by atoms with Gasteiger partial charge in [-0.05, 0) is 18.5 Å². The molecule has 0 fully saturated rings. The number of nitrogens with one attached hydrogen (secondary N) is 14. The Bertz CT molecular complexity index is 2480. The van der Waals surface area contributed by atoms with Crippen molar-refractivity contribution in [1.82, 2.24) is 109 Å². The van der Waals surface area contributed by atoms with Crippen LogP contribution < -0.4 is 120 Å². The van der Waals surface area contributed by atoms with Crippen LogP contribution in [0.2, 0.25) is 0 Å². The van der Waals surface area contributed by atoms with E-state index in [-0.39, 0.29) is 323 Å². The van der Waals surface area contributed by atoms with Crippen LogP contribution in [0, 0.1) is 0 Å². The van der Waals surface area contributed by atoms with Crippen LogP contribution in [-0.4, -0.2) is 405 Å². The van der Waals surface area contributed by atoms with E-state index in [1.165, 1.54) is 0 Å². The lowest BCUT2D eigenvalue weighted by atomic mass is 10.2. The molecule has 0 saturated carbocycles. The molecule has 119 heavy (non-hydrogen) atoms. The second kappa shape index (κ2) is 76.7. The maximum atomic E-state index is 13.6. The average Bonchev–Trinajstić information content (AvgIpc) is 0.962. The number of azide groups is 1. The highest BCUT2D eigenvalue weighted by Gasteiger charge is 2.21. The monoisotopic (exact) mass is 1700 g/mol. The minimum Gasteiger partial charge on any atom is -0.355 e. The molecule has 46 heteroatoms. The predicted octanol–water partition coefficient (Wildman–Crippen LogP) is -11.4. The molecule has 0 atom stereocenters. The summed E-state index contributed by atoms with van der Waals surface area (Å²) in [5.74, 6) is -3.55. The topological polar surface area (TPSA) is 687 Å². The Morgan fingerprint density at radius 3 is 0.429 bits per heavy atom. The zero-order valence-corrected chi connectivity index (χ0v) is 70.5. The van der Waals surface area contributed by atoms with E-state index in [1.807, 2.05) is 34.3 Å². The van der Waals surface area contributed by atoms with Crippen molar-refractivity contribution >= 4 is 82.7 Å². The molecule has 46 nitrogen and oxygen atoms in total. The SMILES string of the molecule is [N-]=[N+]=NCCCN(CCC(=O)NCCN(CCC(=O)NCCN(CCC(=O)NCCN)CCC(=O)NCCN)CCC(=O)NCCN(CCC(=O)NCCN)CCC(=O)NCCN)CCC(=O)NCCN(CCC(=O)NCCN(CCC(=O)NCCN)CCC(=O)NCCN)CCC(=O)NCCN(CCC(=O)NCCN)CCC(=O)NCCN. The molecule has 684 valence electrons. The average molecular weight is 1700 g/mol. The fourth-order valence-electron chi connectivity index (χ4n) is 11.4. The van der Waals surface area contributed by atoms with Gasteiger partial charge in [0.2, 0.25) is 82.7 Å². The number of amides is 14. The van der Waals surface area contributed by atoms with E-state index in [2.05, 4.69) is 84.5 Å². The van der Waals surface area contributed by atoms with Gasteiger partial charge >= 0.3 is 0 Å². The van der Waals surface area contributed by atoms with Gasteiger partial charge < -0.3 is 155 Å². The molecule has 0 aliphatic carbocycles. The van der Waals surface area contributed by atoms with Crippen LogP contribution in [0.1, 0.15) is 96.3 Å². The Kier molecular flexibility index (Phi) is 71.1. The molecule has 0 aliphatic heterocycles. The first-order valence-corrected chi connectivity index (χ1v) is 41.9. The summed E-state index contributed by atoms with van der Waals surface area (Å²) in [5.41, 5.74) is 53.4. The number of carbonyl (C=O) groups excluding carboxylic acids is 14. The normalized spacial score (nSPS) is 11.2. The van der Waals surface area contributed by atoms with E-state index in [4.69, 9.17) is 51.4 Å². The molecular weight excluding hydrogens is 1550 g/mol. The number of hydrogen-bond acceptors (Lipinski definition) is 30. The van der Waals surface area contributed by atoms with E-state index >= 15 is 0 Å². The molecule has 0 aromatic carbocycles. The van der Waals surface area contributed by atoms with Crippen LogP contribution in [-0.2, 0) is 67.1 Å². The zero-order valence-electron chi connectivity index (χ0n) is 70.5. The standard InChI is InChI=1S/C73H148N32O14/c74-16-25-83-60(106)4-42-100(43-5-61(107)84-26-17-75)54-35-93-70(116)12-50-104(51-13-71(117)94-36-55-101(44-6-62(108)85-27-18-76)45-7-63(109)86-28-19-77)58-33-91-68(114)2-40-99(39-1-24-97-98-82)41-3-69(115)92-34-59-105(52-14-72(118)95-37-56-102(46-8-64(110)87-29-20-78)47-9-65(111)88-30-21-79)53-15-73(119)96-38-57-103(48-10-66(112)89-31-22-80)49-11-67(113)90-32-23-81/h1-59,74-81H2,(H,83,106)(H,84,107)(H,85,108)(H,86,109)(H,87,110)(H,88,111)(H,89,112)(H,90,113)(H,91,114)(H,92,115)(H,93,116)(H,94,117)(H,95,118)(H,96,119). The fraction of sp³-hybridized carbons (Fsp3) is 0.808. The summed E-state index contributed by atoms with van der Waals surface area (Å²) in [6, 6.07) is 0. The summed E-state index contributed by atoms with van der Waals surface area (Å²) in [5, 5.41) is 43.0. The Labute approximate surface area is 701 Å². The van der Waals surface area contributed by atoms with Crippen molar-refractivity contribution in [2.45, 2.75) is 96.3 Å². The quantitative estimate of drug-likeness (QED) is 0.0116. The number of nitrogens with zero attached hydrogens (tertiary/aromatic N) is 10. The van der Waals surface area contributed by atoms with Crippen LogP contribution in [0.25, 0.3) is 10.4 Å². The van der Waals surface area contributed by atoms with Gasteiger partial charge in [0, 0.05) is 376 Å². The van der Waals surface area contributed by atoms with E-state index < -0.39 is 0 Å². The van der Waals surface area contributed by atoms with Gasteiger partial charge in [-0.15, -0.1) is 0 Å². The smallest absolute Gasteiger partial charge is 0.221 e. The Hall–Kier alpha value is -8.71. The lowest BCUT2D eigenvalue weighted by Gasteiger charge is -2.24. The van der Waals surface area contributed by atoms with Crippen LogP contribution in [0.15, 0.2) is 5.11 Å². The largest absolute Gasteiger partial charge is 0.355 e. The highest BCUT2D eigenvalue weighted by atomic mass is 16.2. The molecule has 0 aromatic heterocycles. The number of rotatable bonds is 80. The van der Waals surface area contributed by atoms with Crippen molar-refractivity contribution in [1.29, 1.82) is 0 Å². The van der Waals surface area contributed by atoms with Crippen LogP contribution >= 0.6 is 0 Å². The van der Waals surface area contributed by atoms with E-state index in [1.54, 1.807) is 0 Å². The lowest BCUT2D eigenvalue weighted by molar-refractivity contribution is -0.123. The maximum absolute atomic E-state index is 13.6. The molecular formula is C73H148N32O14. The molecule has 30 N–H and O–H groups in total. The molecule has 0 saturated heterocycles. The summed E-state index contributed by atoms with van der Waals surface area (Å²) >= 11 is 0. The first kappa shape index (κ1) is 110. The van der Waals surface area contributed by atoms with Crippen molar-refractivity contribution in [3.8, 4) is 0 Å². The van der Waals surface area contributed by atoms with E-state index in [9.17, 15) is 67.1 Å². The van der Waals surface area contributed by atoms with Gasteiger partial charge in [-0.3, -0.25) is 67.1 Å². The van der Waals surface area contributed by atoms with E-state index in [0.717, 1.165) is 0 Å². The number of hydrogen-bond donors (Lipinski definition) is 22. The Morgan fingerprint density at radius 1 is 0.193 bits per heavy atom. The first-order chi connectivity index (χ1) is 57.5. The molecule has 0 aliphatic rings. The molecule has 14 amide bonds. The summed E-state index contributed by atoms with van der Waals surface area (Å²) in [6.45, 7) is 11.7. The third-order valence-electron chi connectivity index (χ3n) is 18.2. The van der Waals surface area contributed by atoms with Crippen LogP contribution in [0.3, 0.4) is 0 Å². The van der Waals surface area contributed by atoms with Gasteiger partial charge in [0.1, 0.15) is 0 Å². The third-order valence-corrected chi connectivity index (χ3v) is 18.2. The first-order valence-electron chi connectivity index (χ1n) is 41.9. The van der Waals surface area contributed by atoms with E-state index in [0.29, 0.717) is 144 Å². The van der Waals surface area contributed by atoms with Crippen molar-refractivity contribution in [2.75, 3.05) is 288 Å².